The molecule has 3 rings (SSSR count). The second-order valence-electron chi connectivity index (χ2n) is 6.26. The summed E-state index contributed by atoms with van der Waals surface area (Å²) in [6.07, 6.45) is 0. The summed E-state index contributed by atoms with van der Waals surface area (Å²) in [5, 5.41) is 18.1. The summed E-state index contributed by atoms with van der Waals surface area (Å²) < 4.78 is 1.07. The van der Waals surface area contributed by atoms with E-state index in [1.807, 2.05) is 30.3 Å². The fourth-order valence-electron chi connectivity index (χ4n) is 2.77. The number of benzene rings is 2. The molecule has 3 aromatic rings. The summed E-state index contributed by atoms with van der Waals surface area (Å²) in [5.74, 6) is -0.572. The van der Waals surface area contributed by atoms with Gasteiger partial charge in [0.05, 0.1) is 10.6 Å². The van der Waals surface area contributed by atoms with Crippen LogP contribution in [0, 0.1) is 17.0 Å². The minimum absolute atomic E-state index is 0.108. The molecule has 0 saturated heterocycles. The van der Waals surface area contributed by atoms with Gasteiger partial charge in [0.15, 0.2) is 0 Å². The Kier molecular flexibility index (Phi) is 5.30. The zero-order valence-corrected chi connectivity index (χ0v) is 15.3. The third-order valence-electron chi connectivity index (χ3n) is 4.34. The van der Waals surface area contributed by atoms with Crippen molar-refractivity contribution in [2.45, 2.75) is 19.9 Å². The Hall–Kier alpha value is -3.81. The monoisotopic (exact) mass is 378 g/mol. The molecule has 0 spiro atoms. The molecular formula is C20H18N4O4. The molecule has 0 radical (unpaired) electrons. The van der Waals surface area contributed by atoms with E-state index in [2.05, 4.69) is 10.4 Å². The van der Waals surface area contributed by atoms with Crippen LogP contribution in [-0.2, 0) is 4.79 Å². The van der Waals surface area contributed by atoms with E-state index in [4.69, 9.17) is 0 Å². The van der Waals surface area contributed by atoms with Gasteiger partial charge in [-0.05, 0) is 25.5 Å². The molecule has 0 bridgehead atoms. The fraction of sp³-hybridized carbons (Fsp3) is 0.150. The van der Waals surface area contributed by atoms with Crippen LogP contribution in [0.3, 0.4) is 0 Å². The first-order chi connectivity index (χ1) is 13.4. The van der Waals surface area contributed by atoms with Crippen molar-refractivity contribution < 1.29 is 9.72 Å². The molecule has 1 amide bonds. The number of aryl methyl sites for hydroxylation is 1. The van der Waals surface area contributed by atoms with Crippen molar-refractivity contribution >= 4 is 17.3 Å². The summed E-state index contributed by atoms with van der Waals surface area (Å²) in [7, 11) is 0. The van der Waals surface area contributed by atoms with Crippen LogP contribution >= 0.6 is 0 Å². The van der Waals surface area contributed by atoms with Crippen LogP contribution in [0.5, 0.6) is 0 Å². The van der Waals surface area contributed by atoms with Gasteiger partial charge in [0.2, 0.25) is 5.91 Å². The zero-order valence-electron chi connectivity index (χ0n) is 15.3. The first kappa shape index (κ1) is 19.0. The van der Waals surface area contributed by atoms with Crippen LogP contribution in [-0.4, -0.2) is 20.6 Å². The maximum absolute atomic E-state index is 12.7. The van der Waals surface area contributed by atoms with Crippen molar-refractivity contribution in [2.24, 2.45) is 0 Å². The summed E-state index contributed by atoms with van der Waals surface area (Å²) in [6.45, 7) is 3.18. The molecule has 2 aromatic carbocycles. The van der Waals surface area contributed by atoms with Gasteiger partial charge in [0, 0.05) is 17.7 Å². The van der Waals surface area contributed by atoms with Gasteiger partial charge in [-0.15, -0.1) is 0 Å². The maximum Gasteiger partial charge on any atom is 0.293 e. The maximum atomic E-state index is 12.7. The van der Waals surface area contributed by atoms with E-state index in [0.29, 0.717) is 11.3 Å². The van der Waals surface area contributed by atoms with Crippen LogP contribution in [0.15, 0.2) is 65.5 Å². The van der Waals surface area contributed by atoms with Gasteiger partial charge >= 0.3 is 0 Å². The molecule has 0 fully saturated rings. The zero-order chi connectivity index (χ0) is 20.3. The van der Waals surface area contributed by atoms with Gasteiger partial charge in [-0.3, -0.25) is 19.7 Å². The number of nitrogens with one attached hydrogen (secondary N) is 1. The number of rotatable bonds is 5. The van der Waals surface area contributed by atoms with Crippen molar-refractivity contribution in [3.05, 3.63) is 86.7 Å². The molecule has 1 N–H and O–H groups in total. The number of nitro groups is 1. The molecule has 1 unspecified atom stereocenters. The highest BCUT2D eigenvalue weighted by Crippen LogP contribution is 2.28. The second kappa shape index (κ2) is 7.83. The highest BCUT2D eigenvalue weighted by molar-refractivity contribution is 5.96. The quantitative estimate of drug-likeness (QED) is 0.541. The Bertz CT molecular complexity index is 1090. The van der Waals surface area contributed by atoms with E-state index in [0.717, 1.165) is 10.2 Å². The molecule has 0 aliphatic heterocycles. The van der Waals surface area contributed by atoms with Gasteiger partial charge in [-0.25, -0.2) is 4.68 Å². The average molecular weight is 378 g/mol. The summed E-state index contributed by atoms with van der Waals surface area (Å²) >= 11 is 0. The number of carbonyl (C=O) groups excluding carboxylic acids is 1. The van der Waals surface area contributed by atoms with Crippen molar-refractivity contribution in [2.75, 3.05) is 5.32 Å². The van der Waals surface area contributed by atoms with E-state index in [9.17, 15) is 19.7 Å². The molecule has 142 valence electrons. The van der Waals surface area contributed by atoms with Crippen molar-refractivity contribution in [3.8, 4) is 11.3 Å². The highest BCUT2D eigenvalue weighted by atomic mass is 16.6. The number of amides is 1. The number of para-hydroxylation sites is 1. The molecule has 8 heteroatoms. The summed E-state index contributed by atoms with van der Waals surface area (Å²) in [4.78, 5) is 35.6. The van der Waals surface area contributed by atoms with Crippen molar-refractivity contribution in [1.82, 2.24) is 9.78 Å². The Balaban J connectivity index is 1.93. The van der Waals surface area contributed by atoms with Gasteiger partial charge < -0.3 is 5.32 Å². The molecule has 1 heterocycles. The molecule has 1 aromatic heterocycles. The Morgan fingerprint density at radius 1 is 1.11 bits per heavy atom. The Morgan fingerprint density at radius 2 is 1.82 bits per heavy atom. The lowest BCUT2D eigenvalue weighted by Crippen LogP contribution is -2.33. The molecule has 0 aliphatic rings. The van der Waals surface area contributed by atoms with E-state index in [1.165, 1.54) is 19.1 Å². The lowest BCUT2D eigenvalue weighted by Gasteiger charge is -2.16. The van der Waals surface area contributed by atoms with E-state index >= 15 is 0 Å². The van der Waals surface area contributed by atoms with Gasteiger partial charge in [0.25, 0.3) is 11.2 Å². The van der Waals surface area contributed by atoms with Gasteiger partial charge in [-0.2, -0.15) is 5.10 Å². The lowest BCUT2D eigenvalue weighted by atomic mass is 10.1. The molecule has 8 nitrogen and oxygen atoms in total. The number of anilines is 1. The first-order valence-electron chi connectivity index (χ1n) is 8.58. The number of nitrogens with zero attached hydrogens (tertiary/aromatic N) is 3. The number of carbonyl (C=O) groups is 1. The average Bonchev–Trinajstić information content (AvgIpc) is 2.69. The van der Waals surface area contributed by atoms with E-state index in [-0.39, 0.29) is 11.4 Å². The van der Waals surface area contributed by atoms with Crippen LogP contribution in [0.2, 0.25) is 0 Å². The number of hydrogen-bond donors (Lipinski definition) is 1. The van der Waals surface area contributed by atoms with Crippen LogP contribution in [0.4, 0.5) is 11.4 Å². The topological polar surface area (TPSA) is 107 Å². The van der Waals surface area contributed by atoms with E-state index in [1.54, 1.807) is 25.1 Å². The standard InChI is InChI=1S/C20H18N4O4/c1-13-7-6-10-17(24(27)28)19(13)21-20(26)14(2)23-18(25)12-11-16(22-23)15-8-4-3-5-9-15/h3-12,14H,1-2H3,(H,21,26). The van der Waals surface area contributed by atoms with Crippen LogP contribution in [0.25, 0.3) is 11.3 Å². The number of hydrogen-bond acceptors (Lipinski definition) is 5. The van der Waals surface area contributed by atoms with Crippen LogP contribution in [0.1, 0.15) is 18.5 Å². The third kappa shape index (κ3) is 3.80. The number of aromatic nitrogens is 2. The minimum Gasteiger partial charge on any atom is -0.318 e. The molecule has 0 aliphatic carbocycles. The predicted octanol–water partition coefficient (Wildman–Crippen LogP) is 3.33. The smallest absolute Gasteiger partial charge is 0.293 e. The van der Waals surface area contributed by atoms with Gasteiger partial charge in [0.1, 0.15) is 11.7 Å². The first-order valence-corrected chi connectivity index (χ1v) is 8.58. The minimum atomic E-state index is -0.963. The lowest BCUT2D eigenvalue weighted by molar-refractivity contribution is -0.384. The highest BCUT2D eigenvalue weighted by Gasteiger charge is 2.23. The molecule has 28 heavy (non-hydrogen) atoms. The predicted molar refractivity (Wildman–Crippen MR) is 105 cm³/mol. The molecule has 0 saturated carbocycles. The number of nitro benzene ring substituents is 1. The van der Waals surface area contributed by atoms with E-state index < -0.39 is 22.4 Å². The van der Waals surface area contributed by atoms with Crippen molar-refractivity contribution in [1.29, 1.82) is 0 Å². The molecule has 1 atom stereocenters. The Labute approximate surface area is 160 Å². The fourth-order valence-corrected chi connectivity index (χ4v) is 2.77. The van der Waals surface area contributed by atoms with Gasteiger partial charge in [-0.1, -0.05) is 42.5 Å². The largest absolute Gasteiger partial charge is 0.318 e. The molecular weight excluding hydrogens is 360 g/mol. The summed E-state index contributed by atoms with van der Waals surface area (Å²) in [5.41, 5.74) is 1.35. The second-order valence-corrected chi connectivity index (χ2v) is 6.26. The normalized spacial score (nSPS) is 11.6. The van der Waals surface area contributed by atoms with Crippen molar-refractivity contribution in [3.63, 3.8) is 0 Å². The Morgan fingerprint density at radius 3 is 2.50 bits per heavy atom. The third-order valence-corrected chi connectivity index (χ3v) is 4.34. The SMILES string of the molecule is Cc1cccc([N+](=O)[O-])c1NC(=O)C(C)n1nc(-c2ccccc2)ccc1=O. The van der Waals surface area contributed by atoms with Crippen LogP contribution < -0.4 is 10.9 Å². The summed E-state index contributed by atoms with van der Waals surface area (Å²) in [6, 6.07) is 15.7.